The van der Waals surface area contributed by atoms with Gasteiger partial charge in [-0.2, -0.15) is 0 Å². The zero-order chi connectivity index (χ0) is 17.9. The number of furan rings is 1. The Bertz CT molecular complexity index is 1010. The molecular weight excluding hydrogens is 432 g/mol. The minimum absolute atomic E-state index is 0.675. The topological polar surface area (TPSA) is 56.7 Å². The van der Waals surface area contributed by atoms with Crippen LogP contribution < -0.4 is 0 Å². The molecular formula is C18H15BrN4OS2. The molecule has 4 rings (SSSR count). The van der Waals surface area contributed by atoms with Crippen LogP contribution in [0.2, 0.25) is 0 Å². The monoisotopic (exact) mass is 446 g/mol. The van der Waals surface area contributed by atoms with E-state index in [9.17, 15) is 0 Å². The summed E-state index contributed by atoms with van der Waals surface area (Å²) in [4.78, 5) is 4.52. The molecule has 4 aromatic rings. The fourth-order valence-electron chi connectivity index (χ4n) is 2.53. The maximum absolute atomic E-state index is 5.70. The van der Waals surface area contributed by atoms with E-state index in [4.69, 9.17) is 4.42 Å². The third kappa shape index (κ3) is 3.92. The third-order valence-corrected chi connectivity index (χ3v) is 5.96. The van der Waals surface area contributed by atoms with E-state index >= 15 is 0 Å². The first kappa shape index (κ1) is 17.5. The zero-order valence-electron chi connectivity index (χ0n) is 13.9. The van der Waals surface area contributed by atoms with Crippen LogP contribution in [-0.2, 0) is 12.3 Å². The molecule has 0 spiro atoms. The van der Waals surface area contributed by atoms with Gasteiger partial charge in [0, 0.05) is 11.1 Å². The minimum Gasteiger partial charge on any atom is -0.446 e. The van der Waals surface area contributed by atoms with Crippen LogP contribution in [0.4, 0.5) is 0 Å². The summed E-state index contributed by atoms with van der Waals surface area (Å²) in [5.74, 6) is 2.17. The molecule has 0 aliphatic rings. The van der Waals surface area contributed by atoms with Gasteiger partial charge in [0.1, 0.15) is 0 Å². The second-order valence-electron chi connectivity index (χ2n) is 5.63. The van der Waals surface area contributed by atoms with Gasteiger partial charge in [0.05, 0.1) is 17.2 Å². The largest absolute Gasteiger partial charge is 0.446 e. The van der Waals surface area contributed by atoms with Gasteiger partial charge in [-0.1, -0.05) is 42.1 Å². The Hall–Kier alpha value is -1.90. The smallest absolute Gasteiger partial charge is 0.200 e. The Morgan fingerprint density at radius 2 is 2.00 bits per heavy atom. The van der Waals surface area contributed by atoms with Crippen molar-refractivity contribution in [1.82, 2.24) is 19.7 Å². The normalized spacial score (nSPS) is 11.2. The van der Waals surface area contributed by atoms with Crippen LogP contribution in [0.1, 0.15) is 16.3 Å². The summed E-state index contributed by atoms with van der Waals surface area (Å²) in [6, 6.07) is 14.0. The highest BCUT2D eigenvalue weighted by molar-refractivity contribution is 9.10. The number of aromatic nitrogens is 4. The fourth-order valence-corrected chi connectivity index (χ4v) is 4.39. The van der Waals surface area contributed by atoms with Crippen molar-refractivity contribution in [3.63, 3.8) is 0 Å². The molecule has 0 N–H and O–H groups in total. The van der Waals surface area contributed by atoms with Crippen molar-refractivity contribution < 1.29 is 4.42 Å². The highest BCUT2D eigenvalue weighted by Gasteiger charge is 2.18. The summed E-state index contributed by atoms with van der Waals surface area (Å²) < 4.78 is 8.46. The van der Waals surface area contributed by atoms with Crippen molar-refractivity contribution >= 4 is 39.0 Å². The summed E-state index contributed by atoms with van der Waals surface area (Å²) in [7, 11) is 0. The standard InChI is InChI=1S/C18H15BrN4OS2/c1-12-20-14(10-25-12)11-26-18-22-21-17(15-7-8-16(19)24-15)23(18)9-13-5-3-2-4-6-13/h2-8,10H,9,11H2,1H3. The first-order valence-corrected chi connectivity index (χ1v) is 10.6. The van der Waals surface area contributed by atoms with Crippen molar-refractivity contribution in [2.24, 2.45) is 0 Å². The Morgan fingerprint density at radius 3 is 2.69 bits per heavy atom. The minimum atomic E-state index is 0.675. The number of thiazole rings is 1. The molecule has 0 saturated carbocycles. The number of aryl methyl sites for hydroxylation is 1. The molecule has 0 unspecified atom stereocenters. The molecule has 0 atom stereocenters. The zero-order valence-corrected chi connectivity index (χ0v) is 17.1. The lowest BCUT2D eigenvalue weighted by molar-refractivity contribution is 0.545. The second-order valence-corrected chi connectivity index (χ2v) is 8.41. The molecule has 0 saturated heterocycles. The lowest BCUT2D eigenvalue weighted by Gasteiger charge is -2.09. The van der Waals surface area contributed by atoms with Crippen LogP contribution in [0.5, 0.6) is 0 Å². The molecule has 5 nitrogen and oxygen atoms in total. The Kier molecular flexibility index (Phi) is 5.23. The summed E-state index contributed by atoms with van der Waals surface area (Å²) in [6.07, 6.45) is 0. The van der Waals surface area contributed by atoms with Crippen LogP contribution in [0.25, 0.3) is 11.6 Å². The van der Waals surface area contributed by atoms with Gasteiger partial charge in [-0.25, -0.2) is 4.98 Å². The van der Waals surface area contributed by atoms with Gasteiger partial charge in [-0.05, 0) is 40.5 Å². The Balaban J connectivity index is 1.65. The number of thioether (sulfide) groups is 1. The van der Waals surface area contributed by atoms with E-state index in [1.807, 2.05) is 37.3 Å². The van der Waals surface area contributed by atoms with Crippen LogP contribution in [0.15, 0.2) is 62.1 Å². The van der Waals surface area contributed by atoms with Crippen LogP contribution in [0.3, 0.4) is 0 Å². The molecule has 0 bridgehead atoms. The molecule has 0 fully saturated rings. The molecule has 3 heterocycles. The van der Waals surface area contributed by atoms with Crippen molar-refractivity contribution in [2.45, 2.75) is 24.4 Å². The van der Waals surface area contributed by atoms with E-state index in [2.05, 4.69) is 53.2 Å². The van der Waals surface area contributed by atoms with Crippen LogP contribution >= 0.6 is 39.0 Å². The van der Waals surface area contributed by atoms with Gasteiger partial charge < -0.3 is 4.42 Å². The van der Waals surface area contributed by atoms with Crippen LogP contribution in [0, 0.1) is 6.92 Å². The van der Waals surface area contributed by atoms with E-state index < -0.39 is 0 Å². The molecule has 0 amide bonds. The van der Waals surface area contributed by atoms with E-state index in [1.165, 1.54) is 5.56 Å². The molecule has 26 heavy (non-hydrogen) atoms. The maximum Gasteiger partial charge on any atom is 0.200 e. The summed E-state index contributed by atoms with van der Waals surface area (Å²) in [6.45, 7) is 2.70. The number of benzene rings is 1. The van der Waals surface area contributed by atoms with Gasteiger partial charge in [0.25, 0.3) is 0 Å². The molecule has 0 radical (unpaired) electrons. The van der Waals surface area contributed by atoms with Gasteiger partial charge in [-0.3, -0.25) is 4.57 Å². The average Bonchev–Trinajstić information content (AvgIpc) is 3.35. The summed E-state index contributed by atoms with van der Waals surface area (Å²) >= 11 is 6.65. The molecule has 1 aromatic carbocycles. The van der Waals surface area contributed by atoms with E-state index in [0.29, 0.717) is 17.0 Å². The first-order valence-electron chi connectivity index (χ1n) is 7.95. The van der Waals surface area contributed by atoms with E-state index in [1.54, 1.807) is 23.1 Å². The highest BCUT2D eigenvalue weighted by atomic mass is 79.9. The van der Waals surface area contributed by atoms with Crippen molar-refractivity contribution in [1.29, 1.82) is 0 Å². The fraction of sp³-hybridized carbons (Fsp3) is 0.167. The average molecular weight is 447 g/mol. The predicted octanol–water partition coefficient (Wildman–Crippen LogP) is 5.41. The van der Waals surface area contributed by atoms with Crippen molar-refractivity contribution in [2.75, 3.05) is 0 Å². The quantitative estimate of drug-likeness (QED) is 0.370. The van der Waals surface area contributed by atoms with Crippen molar-refractivity contribution in [3.8, 4) is 11.6 Å². The van der Waals surface area contributed by atoms with E-state index in [0.717, 1.165) is 27.4 Å². The molecule has 0 aliphatic carbocycles. The molecule has 132 valence electrons. The SMILES string of the molecule is Cc1nc(CSc2nnc(-c3ccc(Br)o3)n2Cc2ccccc2)cs1. The third-order valence-electron chi connectivity index (χ3n) is 3.71. The lowest BCUT2D eigenvalue weighted by atomic mass is 10.2. The predicted molar refractivity (Wildman–Crippen MR) is 107 cm³/mol. The number of hydrogen-bond donors (Lipinski definition) is 0. The highest BCUT2D eigenvalue weighted by Crippen LogP contribution is 2.29. The first-order chi connectivity index (χ1) is 12.7. The van der Waals surface area contributed by atoms with Crippen LogP contribution in [-0.4, -0.2) is 19.7 Å². The van der Waals surface area contributed by atoms with Crippen molar-refractivity contribution in [3.05, 3.63) is 68.8 Å². The van der Waals surface area contributed by atoms with E-state index in [-0.39, 0.29) is 0 Å². The number of rotatable bonds is 6. The second kappa shape index (κ2) is 7.77. The molecule has 3 aromatic heterocycles. The van der Waals surface area contributed by atoms with Gasteiger partial charge in [0.15, 0.2) is 15.6 Å². The van der Waals surface area contributed by atoms with Gasteiger partial charge in [0.2, 0.25) is 5.82 Å². The molecule has 0 aliphatic heterocycles. The maximum atomic E-state index is 5.70. The number of hydrogen-bond acceptors (Lipinski definition) is 6. The summed E-state index contributed by atoms with van der Waals surface area (Å²) in [5, 5.41) is 12.8. The van der Waals surface area contributed by atoms with Gasteiger partial charge >= 0.3 is 0 Å². The lowest BCUT2D eigenvalue weighted by Crippen LogP contribution is -2.04. The Morgan fingerprint density at radius 1 is 1.15 bits per heavy atom. The Labute approximate surface area is 167 Å². The number of nitrogens with zero attached hydrogens (tertiary/aromatic N) is 4. The number of halogens is 1. The summed E-state index contributed by atoms with van der Waals surface area (Å²) in [5.41, 5.74) is 2.25. The van der Waals surface area contributed by atoms with Gasteiger partial charge in [-0.15, -0.1) is 21.5 Å². The molecule has 8 heteroatoms.